The molecule has 29 heavy (non-hydrogen) atoms. The topological polar surface area (TPSA) is 105 Å². The van der Waals surface area contributed by atoms with Crippen molar-refractivity contribution in [2.45, 2.75) is 24.2 Å². The number of carbonyl (C=O) groups is 2. The number of methoxy groups -OCH3 is 1. The quantitative estimate of drug-likeness (QED) is 0.692. The average molecular weight is 438 g/mol. The molecule has 0 spiro atoms. The summed E-state index contributed by atoms with van der Waals surface area (Å²) in [5.41, 5.74) is 0.237. The van der Waals surface area contributed by atoms with Crippen LogP contribution in [0.15, 0.2) is 40.6 Å². The number of ether oxygens (including phenoxy) is 1. The third-order valence-corrected chi connectivity index (χ3v) is 7.32. The van der Waals surface area contributed by atoms with Crippen LogP contribution in [0.4, 0.5) is 5.69 Å². The number of anilines is 1. The molecule has 1 aromatic carbocycles. The van der Waals surface area contributed by atoms with Crippen molar-refractivity contribution in [3.63, 3.8) is 0 Å². The van der Waals surface area contributed by atoms with E-state index in [0.29, 0.717) is 23.7 Å². The molecule has 1 aromatic heterocycles. The molecule has 0 radical (unpaired) electrons. The number of benzene rings is 1. The van der Waals surface area contributed by atoms with Gasteiger partial charge in [0, 0.05) is 13.1 Å². The van der Waals surface area contributed by atoms with Crippen LogP contribution in [-0.4, -0.2) is 51.3 Å². The Balaban J connectivity index is 1.71. The third-order valence-electron chi connectivity index (χ3n) is 4.55. The van der Waals surface area contributed by atoms with Crippen LogP contribution in [0.5, 0.6) is 5.75 Å². The monoisotopic (exact) mass is 437 g/mol. The summed E-state index contributed by atoms with van der Waals surface area (Å²) >= 11 is 1.28. The molecule has 0 saturated carbocycles. The average Bonchev–Trinajstić information content (AvgIpc) is 3.27. The smallest absolute Gasteiger partial charge is 0.261 e. The standard InChI is InChI=1S/C19H23N3O5S2/c1-27-16-8-7-14(29(25,26)22-9-3-2-4-10-22)12-15(16)21-18(23)13-20-19(24)17-6-5-11-28-17/h5-8,11-12H,2-4,9-10,13H2,1H3,(H,20,24)(H,21,23). The number of nitrogens with zero attached hydrogens (tertiary/aromatic N) is 1. The number of nitrogens with one attached hydrogen (secondary N) is 2. The highest BCUT2D eigenvalue weighted by Crippen LogP contribution is 2.29. The zero-order chi connectivity index (χ0) is 20.9. The van der Waals surface area contributed by atoms with Gasteiger partial charge in [-0.15, -0.1) is 11.3 Å². The van der Waals surface area contributed by atoms with Gasteiger partial charge >= 0.3 is 0 Å². The van der Waals surface area contributed by atoms with Crippen molar-refractivity contribution >= 4 is 38.9 Å². The predicted octanol–water partition coefficient (Wildman–Crippen LogP) is 2.30. The first-order chi connectivity index (χ1) is 13.9. The molecule has 2 heterocycles. The van der Waals surface area contributed by atoms with E-state index in [4.69, 9.17) is 4.74 Å². The van der Waals surface area contributed by atoms with E-state index < -0.39 is 15.9 Å². The number of sulfonamides is 1. The van der Waals surface area contributed by atoms with E-state index in [-0.39, 0.29) is 23.0 Å². The van der Waals surface area contributed by atoms with Crippen molar-refractivity contribution < 1.29 is 22.7 Å². The molecule has 0 unspecified atom stereocenters. The van der Waals surface area contributed by atoms with Gasteiger partial charge in [0.15, 0.2) is 0 Å². The zero-order valence-electron chi connectivity index (χ0n) is 16.0. The van der Waals surface area contributed by atoms with Gasteiger partial charge in [-0.1, -0.05) is 12.5 Å². The summed E-state index contributed by atoms with van der Waals surface area (Å²) in [6.07, 6.45) is 2.69. The fraction of sp³-hybridized carbons (Fsp3) is 0.368. The first-order valence-electron chi connectivity index (χ1n) is 9.21. The van der Waals surface area contributed by atoms with Crippen LogP contribution in [0.25, 0.3) is 0 Å². The molecule has 10 heteroatoms. The van der Waals surface area contributed by atoms with Crippen LogP contribution >= 0.6 is 11.3 Å². The van der Waals surface area contributed by atoms with E-state index >= 15 is 0 Å². The Kier molecular flexibility index (Phi) is 6.88. The molecule has 2 amide bonds. The highest BCUT2D eigenvalue weighted by Gasteiger charge is 2.27. The first-order valence-corrected chi connectivity index (χ1v) is 11.5. The molecule has 156 valence electrons. The van der Waals surface area contributed by atoms with Gasteiger partial charge in [0.05, 0.1) is 29.1 Å². The van der Waals surface area contributed by atoms with Crippen LogP contribution in [-0.2, 0) is 14.8 Å². The van der Waals surface area contributed by atoms with Crippen LogP contribution in [0.1, 0.15) is 28.9 Å². The normalized spacial score (nSPS) is 14.9. The molecule has 0 atom stereocenters. The number of amides is 2. The lowest BCUT2D eigenvalue weighted by Gasteiger charge is -2.26. The maximum atomic E-state index is 12.9. The van der Waals surface area contributed by atoms with Crippen molar-refractivity contribution in [2.75, 3.05) is 32.1 Å². The summed E-state index contributed by atoms with van der Waals surface area (Å²) in [5.74, 6) is -0.496. The lowest BCUT2D eigenvalue weighted by atomic mass is 10.2. The number of thiophene rings is 1. The summed E-state index contributed by atoms with van der Waals surface area (Å²) in [6, 6.07) is 7.78. The van der Waals surface area contributed by atoms with Crippen molar-refractivity contribution in [2.24, 2.45) is 0 Å². The summed E-state index contributed by atoms with van der Waals surface area (Å²) < 4.78 is 32.5. The Morgan fingerprint density at radius 1 is 1.17 bits per heavy atom. The maximum Gasteiger partial charge on any atom is 0.261 e. The van der Waals surface area contributed by atoms with Gasteiger partial charge < -0.3 is 15.4 Å². The van der Waals surface area contributed by atoms with Gasteiger partial charge in [-0.25, -0.2) is 8.42 Å². The van der Waals surface area contributed by atoms with Crippen LogP contribution < -0.4 is 15.4 Å². The van der Waals surface area contributed by atoms with Gasteiger partial charge in [-0.3, -0.25) is 9.59 Å². The molecule has 1 fully saturated rings. The molecule has 2 aromatic rings. The van der Waals surface area contributed by atoms with Crippen molar-refractivity contribution in [3.05, 3.63) is 40.6 Å². The molecule has 0 aliphatic carbocycles. The Morgan fingerprint density at radius 3 is 2.59 bits per heavy atom. The summed E-state index contributed by atoms with van der Waals surface area (Å²) in [4.78, 5) is 24.8. The van der Waals surface area contributed by atoms with E-state index in [1.165, 1.54) is 41.0 Å². The summed E-state index contributed by atoms with van der Waals surface area (Å²) in [6.45, 7) is 0.735. The molecule has 3 rings (SSSR count). The minimum absolute atomic E-state index is 0.0955. The minimum atomic E-state index is -3.64. The Morgan fingerprint density at radius 2 is 1.93 bits per heavy atom. The van der Waals surface area contributed by atoms with Gasteiger partial charge in [-0.05, 0) is 42.5 Å². The maximum absolute atomic E-state index is 12.9. The van der Waals surface area contributed by atoms with Gasteiger partial charge in [0.1, 0.15) is 5.75 Å². The van der Waals surface area contributed by atoms with Gasteiger partial charge in [-0.2, -0.15) is 4.31 Å². The Labute approximate surface area is 173 Å². The number of carbonyl (C=O) groups excluding carboxylic acids is 2. The highest BCUT2D eigenvalue weighted by molar-refractivity contribution is 7.89. The molecule has 1 saturated heterocycles. The zero-order valence-corrected chi connectivity index (χ0v) is 17.6. The predicted molar refractivity (Wildman–Crippen MR) is 111 cm³/mol. The van der Waals surface area contributed by atoms with E-state index in [0.717, 1.165) is 19.3 Å². The fourth-order valence-electron chi connectivity index (χ4n) is 3.05. The number of piperidine rings is 1. The van der Waals surface area contributed by atoms with E-state index in [9.17, 15) is 18.0 Å². The highest BCUT2D eigenvalue weighted by atomic mass is 32.2. The minimum Gasteiger partial charge on any atom is -0.495 e. The SMILES string of the molecule is COc1ccc(S(=O)(=O)N2CCCCC2)cc1NC(=O)CNC(=O)c1cccs1. The lowest BCUT2D eigenvalue weighted by molar-refractivity contribution is -0.115. The van der Waals surface area contributed by atoms with Crippen LogP contribution in [0.2, 0.25) is 0 Å². The molecule has 2 N–H and O–H groups in total. The van der Waals surface area contributed by atoms with E-state index in [2.05, 4.69) is 10.6 Å². The molecular weight excluding hydrogens is 414 g/mol. The second-order valence-corrected chi connectivity index (χ2v) is 9.42. The second-order valence-electron chi connectivity index (χ2n) is 6.53. The lowest BCUT2D eigenvalue weighted by Crippen LogP contribution is -2.35. The first kappa shape index (κ1) is 21.3. The molecule has 0 bridgehead atoms. The molecular formula is C19H23N3O5S2. The molecule has 1 aliphatic rings. The third kappa shape index (κ3) is 5.14. The largest absolute Gasteiger partial charge is 0.495 e. The summed E-state index contributed by atoms with van der Waals surface area (Å²) in [5, 5.41) is 6.92. The number of hydrogen-bond acceptors (Lipinski definition) is 6. The van der Waals surface area contributed by atoms with Gasteiger partial charge in [0.2, 0.25) is 15.9 Å². The van der Waals surface area contributed by atoms with Crippen molar-refractivity contribution in [1.82, 2.24) is 9.62 Å². The Hall–Kier alpha value is -2.43. The van der Waals surface area contributed by atoms with E-state index in [1.807, 2.05) is 0 Å². The Bertz CT molecular complexity index is 968. The van der Waals surface area contributed by atoms with Crippen molar-refractivity contribution in [1.29, 1.82) is 0 Å². The fourth-order valence-corrected chi connectivity index (χ4v) is 5.23. The van der Waals surface area contributed by atoms with Crippen LogP contribution in [0, 0.1) is 0 Å². The van der Waals surface area contributed by atoms with Gasteiger partial charge in [0.25, 0.3) is 5.91 Å². The summed E-state index contributed by atoms with van der Waals surface area (Å²) in [7, 11) is -2.21. The van der Waals surface area contributed by atoms with Crippen LogP contribution in [0.3, 0.4) is 0 Å². The number of rotatable bonds is 7. The van der Waals surface area contributed by atoms with E-state index in [1.54, 1.807) is 17.5 Å². The second kappa shape index (κ2) is 9.38. The molecule has 1 aliphatic heterocycles. The number of hydrogen-bond donors (Lipinski definition) is 2. The van der Waals surface area contributed by atoms with Crippen molar-refractivity contribution in [3.8, 4) is 5.75 Å². The molecule has 8 nitrogen and oxygen atoms in total.